The molecule has 8 heteroatoms. The van der Waals surface area contributed by atoms with Gasteiger partial charge in [-0.05, 0) is 96.7 Å². The number of hydrogen-bond donors (Lipinski definition) is 1. The summed E-state index contributed by atoms with van der Waals surface area (Å²) in [5, 5.41) is 14.0. The number of ether oxygens (including phenoxy) is 1. The molecule has 8 nitrogen and oxygen atoms in total. The fourth-order valence-electron chi connectivity index (χ4n) is 7.27. The number of hydrogen-bond acceptors (Lipinski definition) is 5. The van der Waals surface area contributed by atoms with Crippen molar-refractivity contribution in [3.05, 3.63) is 99.9 Å². The monoisotopic (exact) mass is 608 g/mol. The molecule has 0 spiro atoms. The Morgan fingerprint density at radius 2 is 1.78 bits per heavy atom. The first-order valence-corrected chi connectivity index (χ1v) is 15.8. The van der Waals surface area contributed by atoms with Gasteiger partial charge < -0.3 is 14.7 Å². The van der Waals surface area contributed by atoms with Crippen molar-refractivity contribution in [2.24, 2.45) is 0 Å². The van der Waals surface area contributed by atoms with Crippen molar-refractivity contribution in [3.8, 4) is 17.1 Å². The second kappa shape index (κ2) is 13.7. The molecule has 1 aliphatic heterocycles. The molecule has 2 aromatic carbocycles. The number of pyridine rings is 1. The standard InChI is InChI=1S/C36H40N4O4.CH4/c1-4-24-20-23(12-15-28(24)25-16-18-39(19-17-25)36(43)44-3)21-27-14-13-26-8-6-9-29(34(26)27)31-10-7-11-33(38-31)40-32(5-2)30(22-37-40)35(41)42;/h6-12,15,20,22,25,27H,4-5,13-14,16-19,21H2,1-3H3,(H,41,42);1H4. The summed E-state index contributed by atoms with van der Waals surface area (Å²) in [6.45, 7) is 5.64. The molecule has 2 aromatic heterocycles. The summed E-state index contributed by atoms with van der Waals surface area (Å²) < 4.78 is 6.57. The van der Waals surface area contributed by atoms with E-state index in [1.165, 1.54) is 41.1 Å². The van der Waals surface area contributed by atoms with Crippen LogP contribution in [-0.2, 0) is 30.4 Å². The number of likely N-dealkylation sites (tertiary alicyclic amines) is 1. The first-order valence-electron chi connectivity index (χ1n) is 15.8. The Balaban J connectivity index is 0.00000400. The number of rotatable bonds is 8. The van der Waals surface area contributed by atoms with Crippen LogP contribution in [0.1, 0.15) is 96.2 Å². The van der Waals surface area contributed by atoms with Gasteiger partial charge in [0.2, 0.25) is 0 Å². The summed E-state index contributed by atoms with van der Waals surface area (Å²) in [6, 6.07) is 19.5. The zero-order valence-electron chi connectivity index (χ0n) is 25.8. The third kappa shape index (κ3) is 6.23. The van der Waals surface area contributed by atoms with E-state index in [1.807, 2.05) is 25.1 Å². The average molecular weight is 609 g/mol. The number of fused-ring (bicyclic) bond motifs is 1. The van der Waals surface area contributed by atoms with Gasteiger partial charge in [0.25, 0.3) is 0 Å². The highest BCUT2D eigenvalue weighted by atomic mass is 16.5. The second-order valence-corrected chi connectivity index (χ2v) is 11.9. The Labute approximate surface area is 266 Å². The van der Waals surface area contributed by atoms with Gasteiger partial charge in [-0.1, -0.05) is 63.7 Å². The largest absolute Gasteiger partial charge is 0.478 e. The fraction of sp³-hybridized carbons (Fsp3) is 0.405. The van der Waals surface area contributed by atoms with Crippen LogP contribution in [0, 0.1) is 0 Å². The molecule has 0 saturated carbocycles. The molecule has 4 aromatic rings. The molecule has 236 valence electrons. The highest BCUT2D eigenvalue weighted by Gasteiger charge is 2.28. The minimum atomic E-state index is -0.976. The van der Waals surface area contributed by atoms with Crippen molar-refractivity contribution in [1.82, 2.24) is 19.7 Å². The van der Waals surface area contributed by atoms with E-state index < -0.39 is 5.97 Å². The normalized spacial score (nSPS) is 16.2. The van der Waals surface area contributed by atoms with E-state index in [-0.39, 0.29) is 19.1 Å². The summed E-state index contributed by atoms with van der Waals surface area (Å²) in [5.41, 5.74) is 9.81. The van der Waals surface area contributed by atoms with E-state index in [4.69, 9.17) is 9.72 Å². The maximum atomic E-state index is 12.0. The molecule has 1 unspecified atom stereocenters. The van der Waals surface area contributed by atoms with Crippen molar-refractivity contribution in [2.75, 3.05) is 20.2 Å². The number of carbonyl (C=O) groups is 2. The summed E-state index contributed by atoms with van der Waals surface area (Å²) in [6.07, 6.45) is 7.75. The van der Waals surface area contributed by atoms with E-state index in [0.717, 1.165) is 62.9 Å². The van der Waals surface area contributed by atoms with Crippen LogP contribution >= 0.6 is 0 Å². The molecular weight excluding hydrogens is 564 g/mol. The van der Waals surface area contributed by atoms with Crippen LogP contribution in [0.4, 0.5) is 4.79 Å². The van der Waals surface area contributed by atoms with E-state index in [2.05, 4.69) is 48.4 Å². The van der Waals surface area contributed by atoms with Crippen LogP contribution in [0.3, 0.4) is 0 Å². The molecule has 0 bridgehead atoms. The molecular formula is C37H44N4O4. The van der Waals surface area contributed by atoms with Crippen LogP contribution < -0.4 is 0 Å². The van der Waals surface area contributed by atoms with Crippen molar-refractivity contribution in [1.29, 1.82) is 0 Å². The number of carboxylic acid groups (broad SMARTS) is 1. The maximum absolute atomic E-state index is 12.0. The lowest BCUT2D eigenvalue weighted by atomic mass is 9.83. The van der Waals surface area contributed by atoms with E-state index in [1.54, 1.807) is 9.58 Å². The molecule has 3 heterocycles. The number of carboxylic acids is 1. The minimum absolute atomic E-state index is 0. The lowest BCUT2D eigenvalue weighted by molar-refractivity contribution is 0.0695. The third-order valence-electron chi connectivity index (χ3n) is 9.47. The first kappa shape index (κ1) is 31.9. The van der Waals surface area contributed by atoms with Gasteiger partial charge in [0.1, 0.15) is 5.56 Å². The third-order valence-corrected chi connectivity index (χ3v) is 9.47. The summed E-state index contributed by atoms with van der Waals surface area (Å²) in [5.74, 6) is 0.502. The molecule has 1 amide bonds. The lowest BCUT2D eigenvalue weighted by Crippen LogP contribution is -2.37. The van der Waals surface area contributed by atoms with Gasteiger partial charge in [-0.2, -0.15) is 5.10 Å². The number of piperidine rings is 1. The van der Waals surface area contributed by atoms with Gasteiger partial charge in [0, 0.05) is 18.7 Å². The zero-order chi connectivity index (χ0) is 30.8. The van der Waals surface area contributed by atoms with Gasteiger partial charge >= 0.3 is 12.1 Å². The second-order valence-electron chi connectivity index (χ2n) is 11.9. The topological polar surface area (TPSA) is 97.5 Å². The maximum Gasteiger partial charge on any atom is 0.409 e. The predicted octanol–water partition coefficient (Wildman–Crippen LogP) is 7.61. The molecule has 6 rings (SSSR count). The Bertz CT molecular complexity index is 1690. The number of aromatic nitrogens is 3. The Hall–Kier alpha value is -4.46. The molecule has 2 aliphatic rings. The van der Waals surface area contributed by atoms with E-state index in [9.17, 15) is 14.7 Å². The zero-order valence-corrected chi connectivity index (χ0v) is 25.8. The molecule has 1 aliphatic carbocycles. The van der Waals surface area contributed by atoms with E-state index >= 15 is 0 Å². The number of amides is 1. The highest BCUT2D eigenvalue weighted by Crippen LogP contribution is 2.42. The van der Waals surface area contributed by atoms with Crippen molar-refractivity contribution in [2.45, 2.75) is 78.1 Å². The molecule has 0 radical (unpaired) electrons. The number of methoxy groups -OCH3 is 1. The quantitative estimate of drug-likeness (QED) is 0.221. The van der Waals surface area contributed by atoms with Gasteiger partial charge in [0.15, 0.2) is 5.82 Å². The molecule has 1 saturated heterocycles. The van der Waals surface area contributed by atoms with Gasteiger partial charge in [-0.15, -0.1) is 0 Å². The van der Waals surface area contributed by atoms with Crippen LogP contribution in [0.2, 0.25) is 0 Å². The van der Waals surface area contributed by atoms with E-state index in [0.29, 0.717) is 29.8 Å². The van der Waals surface area contributed by atoms with Crippen LogP contribution in [-0.4, -0.2) is 57.0 Å². The van der Waals surface area contributed by atoms with Gasteiger partial charge in [-0.25, -0.2) is 19.3 Å². The van der Waals surface area contributed by atoms with Crippen molar-refractivity contribution < 1.29 is 19.4 Å². The summed E-state index contributed by atoms with van der Waals surface area (Å²) in [7, 11) is 1.45. The average Bonchev–Trinajstić information content (AvgIpc) is 3.69. The first-order chi connectivity index (χ1) is 21.4. The number of nitrogens with zero attached hydrogens (tertiary/aromatic N) is 4. The Morgan fingerprint density at radius 1 is 1.00 bits per heavy atom. The highest BCUT2D eigenvalue weighted by molar-refractivity contribution is 5.88. The fourth-order valence-corrected chi connectivity index (χ4v) is 7.27. The Morgan fingerprint density at radius 3 is 2.49 bits per heavy atom. The van der Waals surface area contributed by atoms with Crippen LogP contribution in [0.25, 0.3) is 17.1 Å². The van der Waals surface area contributed by atoms with Crippen molar-refractivity contribution >= 4 is 12.1 Å². The molecule has 45 heavy (non-hydrogen) atoms. The SMILES string of the molecule is C.CCc1cc(CC2CCc3cccc(-c4cccc(-n5ncc(C(=O)O)c5CC)n4)c32)ccc1C1CCN(C(=O)OC)CC1. The number of benzene rings is 2. The minimum Gasteiger partial charge on any atom is -0.478 e. The lowest BCUT2D eigenvalue weighted by Gasteiger charge is -2.32. The van der Waals surface area contributed by atoms with Crippen molar-refractivity contribution in [3.63, 3.8) is 0 Å². The molecule has 1 fully saturated rings. The Kier molecular flexibility index (Phi) is 9.71. The smallest absolute Gasteiger partial charge is 0.409 e. The number of aryl methyl sites for hydroxylation is 2. The summed E-state index contributed by atoms with van der Waals surface area (Å²) >= 11 is 0. The van der Waals surface area contributed by atoms with Gasteiger partial charge in [0.05, 0.1) is 24.7 Å². The van der Waals surface area contributed by atoms with Gasteiger partial charge in [-0.3, -0.25) is 0 Å². The molecule has 1 N–H and O–H groups in total. The number of carbonyl (C=O) groups excluding carboxylic acids is 1. The summed E-state index contributed by atoms with van der Waals surface area (Å²) in [4.78, 5) is 30.5. The predicted molar refractivity (Wildman–Crippen MR) is 176 cm³/mol. The van der Waals surface area contributed by atoms with Crippen LogP contribution in [0.15, 0.2) is 60.8 Å². The number of aromatic carboxylic acids is 1. The van der Waals surface area contributed by atoms with Crippen LogP contribution in [0.5, 0.6) is 0 Å². The molecule has 1 atom stereocenters.